The molecule has 0 spiro atoms. The summed E-state index contributed by atoms with van der Waals surface area (Å²) in [5, 5.41) is 5.19. The number of nitrogens with zero attached hydrogens (tertiary/aromatic N) is 4. The molecule has 2 aliphatic rings. The monoisotopic (exact) mass is 814 g/mol. The molecule has 64 heavy (non-hydrogen) atoms. The van der Waals surface area contributed by atoms with Gasteiger partial charge in [0.25, 0.3) is 0 Å². The van der Waals surface area contributed by atoms with Crippen LogP contribution < -0.4 is 9.80 Å². The molecule has 2 heterocycles. The molecule has 0 radical (unpaired) electrons. The Hall–Kier alpha value is -8.60. The minimum Gasteiger partial charge on any atom is -0.309 e. The molecule has 0 bridgehead atoms. The first kappa shape index (κ1) is 36.1. The number of anilines is 6. The van der Waals surface area contributed by atoms with Gasteiger partial charge in [0.2, 0.25) is 0 Å². The first-order valence-electron chi connectivity index (χ1n) is 21.8. The highest BCUT2D eigenvalue weighted by molar-refractivity contribution is 6.19. The minimum absolute atomic E-state index is 1.00. The number of hydrogen-bond acceptors (Lipinski definition) is 4. The van der Waals surface area contributed by atoms with Gasteiger partial charge in [0.1, 0.15) is 0 Å². The van der Waals surface area contributed by atoms with E-state index >= 15 is 0 Å². The van der Waals surface area contributed by atoms with Gasteiger partial charge in [-0.05, 0) is 167 Å². The molecule has 2 aliphatic carbocycles. The molecular formula is C60H38N4. The second kappa shape index (κ2) is 14.5. The second-order valence-electron chi connectivity index (χ2n) is 16.6. The topological polar surface area (TPSA) is 32.3 Å². The third kappa shape index (κ3) is 5.70. The van der Waals surface area contributed by atoms with Crippen LogP contribution in [0.3, 0.4) is 0 Å². The number of para-hydroxylation sites is 1. The van der Waals surface area contributed by atoms with Gasteiger partial charge in [0.05, 0.1) is 23.8 Å². The van der Waals surface area contributed by atoms with Crippen LogP contribution in [-0.4, -0.2) is 9.97 Å². The Bertz CT molecular complexity index is 3540. The van der Waals surface area contributed by atoms with Crippen LogP contribution in [0.15, 0.2) is 231 Å². The molecule has 0 atom stereocenters. The molecule has 11 aromatic rings. The van der Waals surface area contributed by atoms with Crippen molar-refractivity contribution in [2.75, 3.05) is 9.80 Å². The smallest absolute Gasteiger partial charge is 0.0644 e. The first-order chi connectivity index (χ1) is 31.7. The Kier molecular flexibility index (Phi) is 8.18. The zero-order chi connectivity index (χ0) is 42.1. The molecule has 0 amide bonds. The third-order valence-corrected chi connectivity index (χ3v) is 13.1. The zero-order valence-electron chi connectivity index (χ0n) is 34.7. The van der Waals surface area contributed by atoms with E-state index in [0.717, 1.165) is 34.1 Å². The van der Waals surface area contributed by atoms with Crippen molar-refractivity contribution in [3.8, 4) is 66.8 Å². The SMILES string of the molecule is c1ccc(N(c2cccnc2)c2ccc3c(c2)-c2cccc4c(-c5ccc(N(c6ccc(-c7ccc8c(c7)-c7cccc9cccc-8c79)cc6)c6cccnc6)cc5)ccc-3c24)cc1. The third-order valence-electron chi connectivity index (χ3n) is 13.1. The molecule has 0 unspecified atom stereocenters. The highest BCUT2D eigenvalue weighted by Crippen LogP contribution is 2.52. The molecular weight excluding hydrogens is 777 g/mol. The summed E-state index contributed by atoms with van der Waals surface area (Å²) in [4.78, 5) is 13.5. The Morgan fingerprint density at radius 2 is 0.750 bits per heavy atom. The molecule has 13 rings (SSSR count). The molecule has 9 aromatic carbocycles. The molecule has 4 heteroatoms. The highest BCUT2D eigenvalue weighted by atomic mass is 15.2. The maximum Gasteiger partial charge on any atom is 0.0644 e. The van der Waals surface area contributed by atoms with E-state index in [1.54, 1.807) is 0 Å². The van der Waals surface area contributed by atoms with Crippen molar-refractivity contribution >= 4 is 55.7 Å². The Morgan fingerprint density at radius 3 is 1.42 bits per heavy atom. The van der Waals surface area contributed by atoms with Crippen molar-refractivity contribution in [3.05, 3.63) is 231 Å². The van der Waals surface area contributed by atoms with Gasteiger partial charge in [-0.15, -0.1) is 0 Å². The molecule has 0 saturated carbocycles. The lowest BCUT2D eigenvalue weighted by Gasteiger charge is -2.25. The predicted octanol–water partition coefficient (Wildman–Crippen LogP) is 16.4. The molecule has 0 N–H and O–H groups in total. The maximum atomic E-state index is 4.53. The van der Waals surface area contributed by atoms with Crippen LogP contribution in [0.2, 0.25) is 0 Å². The van der Waals surface area contributed by atoms with Gasteiger partial charge in [-0.1, -0.05) is 127 Å². The van der Waals surface area contributed by atoms with Crippen LogP contribution >= 0.6 is 0 Å². The number of rotatable bonds is 8. The average molecular weight is 815 g/mol. The fourth-order valence-corrected chi connectivity index (χ4v) is 10.2. The summed E-state index contributed by atoms with van der Waals surface area (Å²) in [5.41, 5.74) is 21.4. The van der Waals surface area contributed by atoms with E-state index < -0.39 is 0 Å². The van der Waals surface area contributed by atoms with Crippen LogP contribution in [0, 0.1) is 0 Å². The summed E-state index contributed by atoms with van der Waals surface area (Å²) < 4.78 is 0. The quantitative estimate of drug-likeness (QED) is 0.153. The van der Waals surface area contributed by atoms with Crippen LogP contribution in [0.5, 0.6) is 0 Å². The minimum atomic E-state index is 1.00. The van der Waals surface area contributed by atoms with Gasteiger partial charge >= 0.3 is 0 Å². The van der Waals surface area contributed by atoms with Crippen molar-refractivity contribution in [1.82, 2.24) is 9.97 Å². The number of benzene rings is 9. The Balaban J connectivity index is 0.836. The summed E-state index contributed by atoms with van der Waals surface area (Å²) >= 11 is 0. The van der Waals surface area contributed by atoms with Gasteiger partial charge in [-0.2, -0.15) is 0 Å². The van der Waals surface area contributed by atoms with Crippen LogP contribution in [0.4, 0.5) is 34.1 Å². The summed E-state index contributed by atoms with van der Waals surface area (Å²) in [6, 6.07) is 75.0. The Morgan fingerprint density at radius 1 is 0.266 bits per heavy atom. The zero-order valence-corrected chi connectivity index (χ0v) is 34.7. The van der Waals surface area contributed by atoms with Crippen LogP contribution in [0.25, 0.3) is 88.3 Å². The standard InChI is InChI=1S/C60H38N4/c1-2-11-43(12-3-1)64(48-14-8-34-62-38-48)46-28-30-51-56-32-31-49(52-17-6-18-55(60(52)56)58(51)36-46)40-21-26-45(27-22-40)63(47-13-7-33-61-37-47)44-24-19-39(20-25-44)42-23-29-50-53-15-4-9-41-10-5-16-54(59(41)53)57(50)35-42/h1-38H. The molecule has 298 valence electrons. The van der Waals surface area contributed by atoms with Gasteiger partial charge < -0.3 is 9.80 Å². The largest absolute Gasteiger partial charge is 0.309 e. The van der Waals surface area contributed by atoms with E-state index in [4.69, 9.17) is 0 Å². The van der Waals surface area contributed by atoms with E-state index in [2.05, 4.69) is 214 Å². The van der Waals surface area contributed by atoms with E-state index in [-0.39, 0.29) is 0 Å². The fraction of sp³-hybridized carbons (Fsp3) is 0. The first-order valence-corrected chi connectivity index (χ1v) is 21.8. The number of pyridine rings is 2. The van der Waals surface area contributed by atoms with E-state index in [1.165, 1.54) is 88.3 Å². The highest BCUT2D eigenvalue weighted by Gasteiger charge is 2.26. The van der Waals surface area contributed by atoms with Crippen molar-refractivity contribution in [2.24, 2.45) is 0 Å². The predicted molar refractivity (Wildman–Crippen MR) is 266 cm³/mol. The van der Waals surface area contributed by atoms with E-state index in [9.17, 15) is 0 Å². The van der Waals surface area contributed by atoms with Crippen molar-refractivity contribution in [1.29, 1.82) is 0 Å². The molecule has 0 fully saturated rings. The van der Waals surface area contributed by atoms with Gasteiger partial charge in [-0.3, -0.25) is 9.97 Å². The summed E-state index contributed by atoms with van der Waals surface area (Å²) in [5.74, 6) is 0. The lowest BCUT2D eigenvalue weighted by molar-refractivity contribution is 1.23. The number of hydrogen-bond donors (Lipinski definition) is 0. The summed E-state index contributed by atoms with van der Waals surface area (Å²) in [7, 11) is 0. The normalized spacial score (nSPS) is 11.8. The lowest BCUT2D eigenvalue weighted by Crippen LogP contribution is -2.10. The van der Waals surface area contributed by atoms with Crippen LogP contribution in [-0.2, 0) is 0 Å². The van der Waals surface area contributed by atoms with Gasteiger partial charge in [-0.25, -0.2) is 0 Å². The molecule has 4 nitrogen and oxygen atoms in total. The number of aromatic nitrogens is 2. The fourth-order valence-electron chi connectivity index (χ4n) is 10.2. The van der Waals surface area contributed by atoms with Crippen molar-refractivity contribution in [3.63, 3.8) is 0 Å². The van der Waals surface area contributed by atoms with Gasteiger partial charge in [0, 0.05) is 35.1 Å². The Labute approximate surface area is 371 Å². The lowest BCUT2D eigenvalue weighted by atomic mass is 9.94. The number of fused-ring (bicyclic) bond motifs is 6. The van der Waals surface area contributed by atoms with Crippen molar-refractivity contribution < 1.29 is 0 Å². The van der Waals surface area contributed by atoms with Crippen LogP contribution in [0.1, 0.15) is 0 Å². The summed E-state index contributed by atoms with van der Waals surface area (Å²) in [6.45, 7) is 0. The van der Waals surface area contributed by atoms with E-state index in [1.807, 2.05) is 36.9 Å². The van der Waals surface area contributed by atoms with Crippen molar-refractivity contribution in [2.45, 2.75) is 0 Å². The second-order valence-corrected chi connectivity index (χ2v) is 16.6. The molecule has 0 aliphatic heterocycles. The van der Waals surface area contributed by atoms with Gasteiger partial charge in [0.15, 0.2) is 0 Å². The molecule has 2 aromatic heterocycles. The summed E-state index contributed by atoms with van der Waals surface area (Å²) in [6.07, 6.45) is 7.51. The molecule has 0 saturated heterocycles. The van der Waals surface area contributed by atoms with E-state index in [0.29, 0.717) is 0 Å². The maximum absolute atomic E-state index is 4.53. The average Bonchev–Trinajstić information content (AvgIpc) is 3.87.